The molecule has 0 heterocycles. The fourth-order valence-corrected chi connectivity index (χ4v) is 5.39. The second kappa shape index (κ2) is 6.55. The molecule has 128 valence electrons. The van der Waals surface area contributed by atoms with Crippen molar-refractivity contribution in [2.75, 3.05) is 0 Å². The topological polar surface area (TPSA) is 20.2 Å². The van der Waals surface area contributed by atoms with Crippen molar-refractivity contribution in [1.29, 1.82) is 0 Å². The average molecular weight is 318 g/mol. The Labute approximate surface area is 140 Å². The van der Waals surface area contributed by atoms with Crippen LogP contribution in [0.25, 0.3) is 0 Å². The molecule has 1 unspecified atom stereocenters. The molecule has 1 aromatic rings. The van der Waals surface area contributed by atoms with Crippen molar-refractivity contribution >= 4 is 0 Å². The smallest absolute Gasteiger partial charge is 0.123 e. The molecular formula is C21H31FO. The van der Waals surface area contributed by atoms with Crippen LogP contribution in [0.5, 0.6) is 0 Å². The third-order valence-electron chi connectivity index (χ3n) is 6.77. The van der Waals surface area contributed by atoms with Gasteiger partial charge in [0.05, 0.1) is 6.10 Å². The molecule has 2 aliphatic carbocycles. The summed E-state index contributed by atoms with van der Waals surface area (Å²) in [6.45, 7) is 6.93. The fraction of sp³-hybridized carbons (Fsp3) is 0.714. The molecular weight excluding hydrogens is 287 g/mol. The van der Waals surface area contributed by atoms with E-state index in [1.54, 1.807) is 12.1 Å². The van der Waals surface area contributed by atoms with Crippen LogP contribution in [0.3, 0.4) is 0 Å². The summed E-state index contributed by atoms with van der Waals surface area (Å²) < 4.78 is 13.3. The van der Waals surface area contributed by atoms with Crippen LogP contribution in [0.2, 0.25) is 0 Å². The lowest BCUT2D eigenvalue weighted by Gasteiger charge is -2.48. The maximum absolute atomic E-state index is 13.3. The zero-order valence-electron chi connectivity index (χ0n) is 14.8. The molecule has 23 heavy (non-hydrogen) atoms. The number of benzene rings is 1. The van der Waals surface area contributed by atoms with Crippen LogP contribution in [-0.4, -0.2) is 11.2 Å². The SMILES string of the molecule is CC(C)C1C[C@](C)([C@@H]2CCC[C@H]2c2ccc(F)cc2)CC[C@H]1O. The summed E-state index contributed by atoms with van der Waals surface area (Å²) >= 11 is 0. The van der Waals surface area contributed by atoms with Crippen LogP contribution in [0, 0.1) is 29.0 Å². The van der Waals surface area contributed by atoms with E-state index >= 15 is 0 Å². The quantitative estimate of drug-likeness (QED) is 0.776. The van der Waals surface area contributed by atoms with Crippen LogP contribution in [0.15, 0.2) is 24.3 Å². The van der Waals surface area contributed by atoms with E-state index in [0.29, 0.717) is 29.1 Å². The maximum atomic E-state index is 13.3. The Bertz CT molecular complexity index is 523. The Kier molecular flexibility index (Phi) is 4.83. The van der Waals surface area contributed by atoms with E-state index in [-0.39, 0.29) is 11.9 Å². The molecule has 2 aliphatic rings. The summed E-state index contributed by atoms with van der Waals surface area (Å²) in [6.07, 6.45) is 6.84. The minimum absolute atomic E-state index is 0.131. The first-order chi connectivity index (χ1) is 10.9. The predicted octanol–water partition coefficient (Wildman–Crippen LogP) is 5.53. The van der Waals surface area contributed by atoms with Crippen LogP contribution < -0.4 is 0 Å². The lowest BCUT2D eigenvalue weighted by atomic mass is 9.58. The van der Waals surface area contributed by atoms with Gasteiger partial charge in [-0.15, -0.1) is 0 Å². The monoisotopic (exact) mass is 318 g/mol. The largest absolute Gasteiger partial charge is 0.393 e. The molecule has 1 aromatic carbocycles. The van der Waals surface area contributed by atoms with Crippen molar-refractivity contribution in [2.45, 2.75) is 71.3 Å². The van der Waals surface area contributed by atoms with Crippen LogP contribution in [0.4, 0.5) is 4.39 Å². The molecule has 0 spiro atoms. The molecule has 0 aromatic heterocycles. The molecule has 0 radical (unpaired) electrons. The van der Waals surface area contributed by atoms with E-state index < -0.39 is 0 Å². The van der Waals surface area contributed by atoms with E-state index in [1.165, 1.54) is 24.8 Å². The Morgan fingerprint density at radius 2 is 1.83 bits per heavy atom. The zero-order valence-corrected chi connectivity index (χ0v) is 14.8. The van der Waals surface area contributed by atoms with Gasteiger partial charge in [0.15, 0.2) is 0 Å². The lowest BCUT2D eigenvalue weighted by Crippen LogP contribution is -2.42. The van der Waals surface area contributed by atoms with Crippen molar-refractivity contribution in [3.63, 3.8) is 0 Å². The average Bonchev–Trinajstić information content (AvgIpc) is 3.01. The van der Waals surface area contributed by atoms with Gasteiger partial charge >= 0.3 is 0 Å². The van der Waals surface area contributed by atoms with Crippen molar-refractivity contribution in [3.8, 4) is 0 Å². The minimum atomic E-state index is -0.143. The van der Waals surface area contributed by atoms with Gasteiger partial charge in [0.25, 0.3) is 0 Å². The van der Waals surface area contributed by atoms with E-state index in [9.17, 15) is 9.50 Å². The molecule has 3 rings (SSSR count). The van der Waals surface area contributed by atoms with Gasteiger partial charge in [-0.05, 0) is 78.9 Å². The van der Waals surface area contributed by atoms with Gasteiger partial charge in [-0.2, -0.15) is 0 Å². The van der Waals surface area contributed by atoms with Gasteiger partial charge in [0.2, 0.25) is 0 Å². The zero-order chi connectivity index (χ0) is 16.6. The second-order valence-electron chi connectivity index (χ2n) is 8.57. The molecule has 1 N–H and O–H groups in total. The third kappa shape index (κ3) is 3.33. The van der Waals surface area contributed by atoms with Crippen LogP contribution >= 0.6 is 0 Å². The fourth-order valence-electron chi connectivity index (χ4n) is 5.39. The molecule has 0 saturated heterocycles. The van der Waals surface area contributed by atoms with E-state index in [1.807, 2.05) is 12.1 Å². The summed E-state index contributed by atoms with van der Waals surface area (Å²) in [5.74, 6) is 2.04. The van der Waals surface area contributed by atoms with Gasteiger partial charge < -0.3 is 5.11 Å². The van der Waals surface area contributed by atoms with Crippen LogP contribution in [-0.2, 0) is 0 Å². The highest BCUT2D eigenvalue weighted by Gasteiger charge is 2.47. The Morgan fingerprint density at radius 1 is 1.13 bits per heavy atom. The number of hydrogen-bond donors (Lipinski definition) is 1. The predicted molar refractivity (Wildman–Crippen MR) is 92.8 cm³/mol. The molecule has 0 amide bonds. The molecule has 2 heteroatoms. The first-order valence-electron chi connectivity index (χ1n) is 9.34. The highest BCUT2D eigenvalue weighted by molar-refractivity contribution is 5.23. The number of aliphatic hydroxyl groups is 1. The normalized spacial score (nSPS) is 38.2. The van der Waals surface area contributed by atoms with Gasteiger partial charge in [0, 0.05) is 0 Å². The van der Waals surface area contributed by atoms with Gasteiger partial charge in [0.1, 0.15) is 5.82 Å². The van der Waals surface area contributed by atoms with Crippen molar-refractivity contribution in [2.24, 2.45) is 23.2 Å². The van der Waals surface area contributed by atoms with Crippen LogP contribution in [0.1, 0.15) is 70.8 Å². The van der Waals surface area contributed by atoms with E-state index in [2.05, 4.69) is 20.8 Å². The van der Waals surface area contributed by atoms with Gasteiger partial charge in [-0.1, -0.05) is 39.3 Å². The molecule has 1 nitrogen and oxygen atoms in total. The number of hydrogen-bond acceptors (Lipinski definition) is 1. The highest BCUT2D eigenvalue weighted by atomic mass is 19.1. The molecule has 2 fully saturated rings. The summed E-state index contributed by atoms with van der Waals surface area (Å²) in [6, 6.07) is 7.18. The molecule has 0 aliphatic heterocycles. The van der Waals surface area contributed by atoms with Gasteiger partial charge in [-0.3, -0.25) is 0 Å². The number of halogens is 1. The molecule has 0 bridgehead atoms. The van der Waals surface area contributed by atoms with Gasteiger partial charge in [-0.25, -0.2) is 4.39 Å². The van der Waals surface area contributed by atoms with Crippen molar-refractivity contribution < 1.29 is 9.50 Å². The number of rotatable bonds is 3. The third-order valence-corrected chi connectivity index (χ3v) is 6.77. The lowest BCUT2D eigenvalue weighted by molar-refractivity contribution is -0.0320. The maximum Gasteiger partial charge on any atom is 0.123 e. The summed E-state index contributed by atoms with van der Waals surface area (Å²) in [7, 11) is 0. The Balaban J connectivity index is 1.82. The summed E-state index contributed by atoms with van der Waals surface area (Å²) in [4.78, 5) is 0. The first-order valence-corrected chi connectivity index (χ1v) is 9.34. The second-order valence-corrected chi connectivity index (χ2v) is 8.57. The summed E-state index contributed by atoms with van der Waals surface area (Å²) in [5.41, 5.74) is 1.62. The van der Waals surface area contributed by atoms with E-state index in [4.69, 9.17) is 0 Å². The Hall–Kier alpha value is -0.890. The first kappa shape index (κ1) is 17.0. The van der Waals surface area contributed by atoms with Crippen molar-refractivity contribution in [3.05, 3.63) is 35.6 Å². The Morgan fingerprint density at radius 3 is 2.48 bits per heavy atom. The minimum Gasteiger partial charge on any atom is -0.393 e. The molecule has 5 atom stereocenters. The number of aliphatic hydroxyl groups excluding tert-OH is 1. The molecule has 2 saturated carbocycles. The highest BCUT2D eigenvalue weighted by Crippen LogP contribution is 2.56. The van der Waals surface area contributed by atoms with Crippen molar-refractivity contribution in [1.82, 2.24) is 0 Å². The van der Waals surface area contributed by atoms with E-state index in [0.717, 1.165) is 19.3 Å². The summed E-state index contributed by atoms with van der Waals surface area (Å²) in [5, 5.41) is 10.4. The standard InChI is InChI=1S/C21H31FO/c1-14(2)18-13-21(3,12-11-20(18)23)19-6-4-5-17(19)15-7-9-16(22)10-8-15/h7-10,14,17-20,23H,4-6,11-13H2,1-3H3/t17-,18?,19+,20+,21+/m0/s1.